The van der Waals surface area contributed by atoms with Crippen molar-refractivity contribution in [2.24, 2.45) is 0 Å². The third-order valence-electron chi connectivity index (χ3n) is 3.16. The normalized spacial score (nSPS) is 19.7. The smallest absolute Gasteiger partial charge is 0.132 e. The molecule has 19 heavy (non-hydrogen) atoms. The molecule has 2 N–H and O–H groups in total. The number of aryl methyl sites for hydroxylation is 1. The van der Waals surface area contributed by atoms with Crippen molar-refractivity contribution in [1.82, 2.24) is 14.9 Å². The molecule has 1 unspecified atom stereocenters. The van der Waals surface area contributed by atoms with E-state index in [2.05, 4.69) is 32.5 Å². The Morgan fingerprint density at radius 1 is 1.47 bits per heavy atom. The Labute approximate surface area is 113 Å². The zero-order valence-corrected chi connectivity index (χ0v) is 11.5. The van der Waals surface area contributed by atoms with Gasteiger partial charge in [-0.15, -0.1) is 0 Å². The van der Waals surface area contributed by atoms with E-state index in [1.165, 1.54) is 6.42 Å². The number of anilines is 2. The highest BCUT2D eigenvalue weighted by Crippen LogP contribution is 2.16. The second kappa shape index (κ2) is 6.34. The van der Waals surface area contributed by atoms with Crippen LogP contribution < -0.4 is 10.6 Å². The maximum Gasteiger partial charge on any atom is 0.132 e. The van der Waals surface area contributed by atoms with E-state index >= 15 is 0 Å². The van der Waals surface area contributed by atoms with Gasteiger partial charge >= 0.3 is 0 Å². The molecule has 102 valence electrons. The standard InChI is InChI=1S/C13H20N6/c1-10-16-12(15-6-5-14)8-13(17-10)18-11-4-3-7-19(2)9-11/h8,11H,3-4,6-7,9H2,1-2H3,(H2,15,16,17,18). The predicted molar refractivity (Wildman–Crippen MR) is 75.0 cm³/mol. The summed E-state index contributed by atoms with van der Waals surface area (Å²) in [6.07, 6.45) is 2.37. The van der Waals surface area contributed by atoms with Gasteiger partial charge in [-0.25, -0.2) is 9.97 Å². The van der Waals surface area contributed by atoms with Gasteiger partial charge in [-0.3, -0.25) is 0 Å². The van der Waals surface area contributed by atoms with Crippen molar-refractivity contribution in [2.45, 2.75) is 25.8 Å². The molecule has 1 saturated heterocycles. The van der Waals surface area contributed by atoms with E-state index in [1.54, 1.807) is 0 Å². The number of nitriles is 1. The van der Waals surface area contributed by atoms with Crippen LogP contribution >= 0.6 is 0 Å². The molecule has 1 aliphatic heterocycles. The number of likely N-dealkylation sites (N-methyl/N-ethyl adjacent to an activating group) is 1. The highest BCUT2D eigenvalue weighted by Gasteiger charge is 2.17. The van der Waals surface area contributed by atoms with Crippen LogP contribution in [0.3, 0.4) is 0 Å². The lowest BCUT2D eigenvalue weighted by Crippen LogP contribution is -2.39. The summed E-state index contributed by atoms with van der Waals surface area (Å²) < 4.78 is 0. The Kier molecular flexibility index (Phi) is 4.53. The van der Waals surface area contributed by atoms with Crippen molar-refractivity contribution >= 4 is 11.6 Å². The average molecular weight is 260 g/mol. The van der Waals surface area contributed by atoms with Crippen LogP contribution in [-0.2, 0) is 0 Å². The lowest BCUT2D eigenvalue weighted by atomic mass is 10.1. The highest BCUT2D eigenvalue weighted by atomic mass is 15.2. The molecule has 1 aliphatic rings. The summed E-state index contributed by atoms with van der Waals surface area (Å²) in [7, 11) is 2.14. The number of likely N-dealkylation sites (tertiary alicyclic amines) is 1. The molecule has 0 aromatic carbocycles. The highest BCUT2D eigenvalue weighted by molar-refractivity contribution is 5.48. The van der Waals surface area contributed by atoms with Crippen LogP contribution in [0.25, 0.3) is 0 Å². The molecule has 1 fully saturated rings. The average Bonchev–Trinajstić information content (AvgIpc) is 2.35. The minimum Gasteiger partial charge on any atom is -0.366 e. The fraction of sp³-hybridized carbons (Fsp3) is 0.615. The van der Waals surface area contributed by atoms with E-state index in [1.807, 2.05) is 19.1 Å². The minimum atomic E-state index is 0.252. The number of nitrogens with one attached hydrogen (secondary N) is 2. The molecule has 0 radical (unpaired) electrons. The quantitative estimate of drug-likeness (QED) is 0.793. The van der Waals surface area contributed by atoms with Crippen molar-refractivity contribution in [3.05, 3.63) is 11.9 Å². The van der Waals surface area contributed by atoms with Crippen LogP contribution in [0.15, 0.2) is 6.07 Å². The fourth-order valence-corrected chi connectivity index (χ4v) is 2.36. The monoisotopic (exact) mass is 260 g/mol. The minimum absolute atomic E-state index is 0.252. The van der Waals surface area contributed by atoms with Crippen molar-refractivity contribution in [2.75, 3.05) is 37.3 Å². The predicted octanol–water partition coefficient (Wildman–Crippen LogP) is 1.23. The van der Waals surface area contributed by atoms with Gasteiger partial charge in [0.2, 0.25) is 0 Å². The lowest BCUT2D eigenvalue weighted by molar-refractivity contribution is 0.260. The van der Waals surface area contributed by atoms with Gasteiger partial charge in [0.15, 0.2) is 0 Å². The summed E-state index contributed by atoms with van der Waals surface area (Å²) in [5.74, 6) is 2.23. The van der Waals surface area contributed by atoms with E-state index in [0.717, 1.165) is 25.3 Å². The van der Waals surface area contributed by atoms with Gasteiger partial charge in [-0.05, 0) is 33.4 Å². The number of rotatable bonds is 4. The number of piperidine rings is 1. The molecule has 2 rings (SSSR count). The van der Waals surface area contributed by atoms with Crippen LogP contribution in [0.4, 0.5) is 11.6 Å². The van der Waals surface area contributed by atoms with E-state index in [9.17, 15) is 0 Å². The van der Waals surface area contributed by atoms with Crippen molar-refractivity contribution in [3.63, 3.8) is 0 Å². The van der Waals surface area contributed by atoms with Gasteiger partial charge in [0.25, 0.3) is 0 Å². The molecule has 1 aromatic rings. The lowest BCUT2D eigenvalue weighted by Gasteiger charge is -2.30. The summed E-state index contributed by atoms with van der Waals surface area (Å²) in [6, 6.07) is 4.33. The second-order valence-corrected chi connectivity index (χ2v) is 4.94. The molecule has 0 bridgehead atoms. The Morgan fingerprint density at radius 3 is 3.00 bits per heavy atom. The summed E-state index contributed by atoms with van der Waals surface area (Å²) >= 11 is 0. The Morgan fingerprint density at radius 2 is 2.26 bits per heavy atom. The van der Waals surface area contributed by atoms with Gasteiger partial charge < -0.3 is 15.5 Å². The summed E-state index contributed by atoms with van der Waals surface area (Å²) in [4.78, 5) is 11.0. The van der Waals surface area contributed by atoms with Crippen LogP contribution in [0.5, 0.6) is 0 Å². The van der Waals surface area contributed by atoms with Crippen LogP contribution in [0.1, 0.15) is 18.7 Å². The van der Waals surface area contributed by atoms with E-state index in [4.69, 9.17) is 5.26 Å². The van der Waals surface area contributed by atoms with Gasteiger partial charge in [0, 0.05) is 18.7 Å². The van der Waals surface area contributed by atoms with Crippen LogP contribution in [0.2, 0.25) is 0 Å². The SMILES string of the molecule is Cc1nc(NCC#N)cc(NC2CCCN(C)C2)n1. The first-order valence-corrected chi connectivity index (χ1v) is 6.59. The van der Waals surface area contributed by atoms with Gasteiger partial charge in [-0.1, -0.05) is 0 Å². The number of hydrogen-bond donors (Lipinski definition) is 2. The molecule has 1 atom stereocenters. The second-order valence-electron chi connectivity index (χ2n) is 4.94. The van der Waals surface area contributed by atoms with Gasteiger partial charge in [0.05, 0.1) is 6.07 Å². The molecule has 0 spiro atoms. The van der Waals surface area contributed by atoms with Crippen molar-refractivity contribution in [3.8, 4) is 6.07 Å². The van der Waals surface area contributed by atoms with Crippen LogP contribution in [-0.4, -0.2) is 47.6 Å². The summed E-state index contributed by atoms with van der Waals surface area (Å²) in [5.41, 5.74) is 0. The summed E-state index contributed by atoms with van der Waals surface area (Å²) in [5, 5.41) is 15.0. The molecule has 6 nitrogen and oxygen atoms in total. The molecule has 2 heterocycles. The third-order valence-corrected chi connectivity index (χ3v) is 3.16. The molecule has 0 amide bonds. The first-order valence-electron chi connectivity index (χ1n) is 6.59. The fourth-order valence-electron chi connectivity index (χ4n) is 2.36. The van der Waals surface area contributed by atoms with E-state index < -0.39 is 0 Å². The maximum absolute atomic E-state index is 8.58. The third kappa shape index (κ3) is 4.07. The van der Waals surface area contributed by atoms with Gasteiger partial charge in [-0.2, -0.15) is 5.26 Å². The first kappa shape index (κ1) is 13.6. The first-order chi connectivity index (χ1) is 9.17. The Hall–Kier alpha value is -1.87. The molecular formula is C13H20N6. The van der Waals surface area contributed by atoms with Gasteiger partial charge in [0.1, 0.15) is 24.0 Å². The summed E-state index contributed by atoms with van der Waals surface area (Å²) in [6.45, 7) is 4.30. The zero-order valence-electron chi connectivity index (χ0n) is 11.5. The Bertz CT molecular complexity index is 467. The molecule has 1 aromatic heterocycles. The van der Waals surface area contributed by atoms with Crippen LogP contribution in [0, 0.1) is 18.3 Å². The molecule has 6 heteroatoms. The number of hydrogen-bond acceptors (Lipinski definition) is 6. The molecule has 0 saturated carbocycles. The van der Waals surface area contributed by atoms with E-state index in [-0.39, 0.29) is 6.54 Å². The molecule has 0 aliphatic carbocycles. The number of nitrogens with zero attached hydrogens (tertiary/aromatic N) is 4. The molecular weight excluding hydrogens is 240 g/mol. The number of aromatic nitrogens is 2. The topological polar surface area (TPSA) is 76.9 Å². The van der Waals surface area contributed by atoms with E-state index in [0.29, 0.717) is 17.7 Å². The maximum atomic E-state index is 8.58. The van der Waals surface area contributed by atoms with Crippen molar-refractivity contribution < 1.29 is 0 Å². The Balaban J connectivity index is 2.03. The zero-order chi connectivity index (χ0) is 13.7. The van der Waals surface area contributed by atoms with Crippen molar-refractivity contribution in [1.29, 1.82) is 5.26 Å². The largest absolute Gasteiger partial charge is 0.366 e.